The molecule has 4 nitrogen and oxygen atoms in total. The Hall–Kier alpha value is -1.95. The zero-order valence-corrected chi connectivity index (χ0v) is 17.6. The van der Waals surface area contributed by atoms with E-state index in [2.05, 4.69) is 0 Å². The zero-order valence-electron chi connectivity index (χ0n) is 16.8. The number of benzene rings is 2. The van der Waals surface area contributed by atoms with Crippen molar-refractivity contribution in [2.75, 3.05) is 12.9 Å². The average Bonchev–Trinajstić information content (AvgIpc) is 2.66. The highest BCUT2D eigenvalue weighted by Gasteiger charge is 2.20. The van der Waals surface area contributed by atoms with E-state index < -0.39 is 11.7 Å². The smallest absolute Gasteiger partial charge is 0.126 e. The Kier molecular flexibility index (Phi) is 9.43. The molecule has 0 amide bonds. The van der Waals surface area contributed by atoms with Crippen LogP contribution in [-0.4, -0.2) is 28.7 Å². The summed E-state index contributed by atoms with van der Waals surface area (Å²) in [6.07, 6.45) is 4.33. The first-order chi connectivity index (χ1) is 12.7. The lowest BCUT2D eigenvalue weighted by atomic mass is 10.1. The topological polar surface area (TPSA) is 75.7 Å². The Labute approximate surface area is 167 Å². The first kappa shape index (κ1) is 23.1. The van der Waals surface area contributed by atoms with E-state index in [1.165, 1.54) is 11.1 Å². The van der Waals surface area contributed by atoms with Gasteiger partial charge in [-0.2, -0.15) is 0 Å². The van der Waals surface area contributed by atoms with E-state index in [0.29, 0.717) is 0 Å². The van der Waals surface area contributed by atoms with Crippen LogP contribution in [0.3, 0.4) is 0 Å². The van der Waals surface area contributed by atoms with Crippen LogP contribution in [0.15, 0.2) is 59.6 Å². The SMILES string of the molecule is CSc1ccc(C(O)/C=C/N)cc1.Cc1cccc(C)c1OC(C)(C)CO. The second kappa shape index (κ2) is 11.0. The van der Waals surface area contributed by atoms with Gasteiger partial charge in [-0.3, -0.25) is 0 Å². The standard InChI is InChI=1S/C12H18O2.C10H13NOS/c1-9-6-5-7-10(2)11(9)14-12(3,4)8-13;1-13-9-4-2-8(3-5-9)10(12)6-7-11/h5-7,13H,8H2,1-4H3;2-7,10,12H,11H2,1H3/b;7-6+. The molecule has 2 rings (SSSR count). The summed E-state index contributed by atoms with van der Waals surface area (Å²) in [4.78, 5) is 1.19. The molecular formula is C22H31NO3S. The lowest BCUT2D eigenvalue weighted by Crippen LogP contribution is -2.33. The fraction of sp³-hybridized carbons (Fsp3) is 0.364. The molecular weight excluding hydrogens is 358 g/mol. The first-order valence-corrected chi connectivity index (χ1v) is 10.0. The lowest BCUT2D eigenvalue weighted by molar-refractivity contribution is 0.0401. The second-order valence-electron chi connectivity index (χ2n) is 6.84. The highest BCUT2D eigenvalue weighted by molar-refractivity contribution is 7.98. The molecule has 4 N–H and O–H groups in total. The third-order valence-electron chi connectivity index (χ3n) is 3.92. The molecule has 2 aromatic carbocycles. The minimum absolute atomic E-state index is 0.0147. The monoisotopic (exact) mass is 389 g/mol. The van der Waals surface area contributed by atoms with Crippen molar-refractivity contribution >= 4 is 11.8 Å². The van der Waals surface area contributed by atoms with Gasteiger partial charge in [-0.1, -0.05) is 30.3 Å². The molecule has 0 saturated heterocycles. The van der Waals surface area contributed by atoms with E-state index in [1.807, 2.05) is 76.4 Å². The van der Waals surface area contributed by atoms with Crippen LogP contribution >= 0.6 is 11.8 Å². The van der Waals surface area contributed by atoms with Crippen LogP contribution in [0.2, 0.25) is 0 Å². The quantitative estimate of drug-likeness (QED) is 0.640. The molecule has 5 heteroatoms. The van der Waals surface area contributed by atoms with Crippen LogP contribution in [0.5, 0.6) is 5.75 Å². The predicted octanol–water partition coefficient (Wildman–Crippen LogP) is 4.37. The molecule has 27 heavy (non-hydrogen) atoms. The van der Waals surface area contributed by atoms with E-state index in [9.17, 15) is 5.11 Å². The van der Waals surface area contributed by atoms with Gasteiger partial charge >= 0.3 is 0 Å². The second-order valence-corrected chi connectivity index (χ2v) is 7.72. The molecule has 0 aliphatic carbocycles. The fourth-order valence-corrected chi connectivity index (χ4v) is 2.69. The molecule has 0 bridgehead atoms. The fourth-order valence-electron chi connectivity index (χ4n) is 2.29. The Balaban J connectivity index is 0.000000271. The molecule has 0 aliphatic rings. The summed E-state index contributed by atoms with van der Waals surface area (Å²) in [7, 11) is 0. The van der Waals surface area contributed by atoms with Crippen LogP contribution in [-0.2, 0) is 0 Å². The number of thioether (sulfide) groups is 1. The predicted molar refractivity (Wildman–Crippen MR) is 114 cm³/mol. The summed E-state index contributed by atoms with van der Waals surface area (Å²) >= 11 is 1.68. The van der Waals surface area contributed by atoms with Gasteiger partial charge in [0.05, 0.1) is 12.7 Å². The maximum Gasteiger partial charge on any atom is 0.126 e. The van der Waals surface area contributed by atoms with E-state index in [-0.39, 0.29) is 6.61 Å². The van der Waals surface area contributed by atoms with Crippen LogP contribution in [0.4, 0.5) is 0 Å². The van der Waals surface area contributed by atoms with Crippen molar-refractivity contribution in [3.63, 3.8) is 0 Å². The van der Waals surface area contributed by atoms with E-state index >= 15 is 0 Å². The maximum absolute atomic E-state index is 9.51. The third-order valence-corrected chi connectivity index (χ3v) is 4.66. The van der Waals surface area contributed by atoms with Gasteiger partial charge in [-0.05, 0) is 75.0 Å². The largest absolute Gasteiger partial charge is 0.485 e. The highest BCUT2D eigenvalue weighted by Crippen LogP contribution is 2.26. The molecule has 148 valence electrons. The molecule has 0 aliphatic heterocycles. The Morgan fingerprint density at radius 2 is 1.67 bits per heavy atom. The van der Waals surface area contributed by atoms with Gasteiger partial charge in [-0.25, -0.2) is 0 Å². The van der Waals surface area contributed by atoms with Gasteiger partial charge in [0, 0.05) is 4.90 Å². The highest BCUT2D eigenvalue weighted by atomic mass is 32.2. The van der Waals surface area contributed by atoms with Gasteiger partial charge in [0.25, 0.3) is 0 Å². The van der Waals surface area contributed by atoms with Gasteiger partial charge in [0.15, 0.2) is 0 Å². The van der Waals surface area contributed by atoms with E-state index in [1.54, 1.807) is 17.8 Å². The number of aryl methyl sites for hydroxylation is 2. The zero-order chi connectivity index (χ0) is 20.4. The molecule has 0 heterocycles. The van der Waals surface area contributed by atoms with Crippen molar-refractivity contribution in [3.05, 3.63) is 71.4 Å². The van der Waals surface area contributed by atoms with Crippen LogP contribution in [0.1, 0.15) is 36.6 Å². The number of ether oxygens (including phenoxy) is 1. The van der Waals surface area contributed by atoms with Crippen molar-refractivity contribution < 1.29 is 14.9 Å². The number of para-hydroxylation sites is 1. The normalized spacial score (nSPS) is 12.4. The van der Waals surface area contributed by atoms with Crippen LogP contribution in [0, 0.1) is 13.8 Å². The van der Waals surface area contributed by atoms with E-state index in [4.69, 9.17) is 15.6 Å². The van der Waals surface area contributed by atoms with E-state index in [0.717, 1.165) is 22.4 Å². The molecule has 0 spiro atoms. The first-order valence-electron chi connectivity index (χ1n) is 8.80. The number of hydrogen-bond donors (Lipinski definition) is 3. The number of aliphatic hydroxyl groups is 2. The van der Waals surface area contributed by atoms with Crippen molar-refractivity contribution in [1.29, 1.82) is 0 Å². The molecule has 2 aromatic rings. The Morgan fingerprint density at radius 3 is 2.11 bits per heavy atom. The Bertz CT molecular complexity index is 707. The summed E-state index contributed by atoms with van der Waals surface area (Å²) in [5.74, 6) is 0.881. The van der Waals surface area contributed by atoms with Gasteiger partial charge in [-0.15, -0.1) is 11.8 Å². The third kappa shape index (κ3) is 7.67. The summed E-state index contributed by atoms with van der Waals surface area (Å²) < 4.78 is 5.76. The number of hydrogen-bond acceptors (Lipinski definition) is 5. The molecule has 0 saturated carbocycles. The van der Waals surface area contributed by atoms with Crippen molar-refractivity contribution in [1.82, 2.24) is 0 Å². The minimum Gasteiger partial charge on any atom is -0.485 e. The minimum atomic E-state index is -0.596. The molecule has 0 fully saturated rings. The maximum atomic E-state index is 9.51. The van der Waals surface area contributed by atoms with Crippen molar-refractivity contribution in [2.24, 2.45) is 5.73 Å². The molecule has 0 aromatic heterocycles. The summed E-state index contributed by atoms with van der Waals surface area (Å²) in [6, 6.07) is 13.8. The van der Waals surface area contributed by atoms with Crippen molar-refractivity contribution in [3.8, 4) is 5.75 Å². The van der Waals surface area contributed by atoms with Gasteiger partial charge < -0.3 is 20.7 Å². The summed E-state index contributed by atoms with van der Waals surface area (Å²) in [6.45, 7) is 7.78. The average molecular weight is 390 g/mol. The molecule has 0 radical (unpaired) electrons. The summed E-state index contributed by atoms with van der Waals surface area (Å²) in [5.41, 5.74) is 7.73. The number of nitrogens with two attached hydrogens (primary N) is 1. The Morgan fingerprint density at radius 1 is 1.11 bits per heavy atom. The lowest BCUT2D eigenvalue weighted by Gasteiger charge is -2.26. The van der Waals surface area contributed by atoms with Gasteiger partial charge in [0.2, 0.25) is 0 Å². The van der Waals surface area contributed by atoms with Crippen LogP contribution in [0.25, 0.3) is 0 Å². The molecule has 1 atom stereocenters. The number of aliphatic hydroxyl groups excluding tert-OH is 2. The number of rotatable bonds is 6. The summed E-state index contributed by atoms with van der Waals surface area (Å²) in [5, 5.41) is 18.6. The van der Waals surface area contributed by atoms with Crippen LogP contribution < -0.4 is 10.5 Å². The van der Waals surface area contributed by atoms with Crippen molar-refractivity contribution in [2.45, 2.75) is 44.3 Å². The van der Waals surface area contributed by atoms with Gasteiger partial charge in [0.1, 0.15) is 11.4 Å². The molecule has 1 unspecified atom stereocenters.